The molecule has 0 spiro atoms. The summed E-state index contributed by atoms with van der Waals surface area (Å²) in [6.45, 7) is 4.06. The molecule has 1 aliphatic rings. The summed E-state index contributed by atoms with van der Waals surface area (Å²) in [7, 11) is -10.00. The van der Waals surface area contributed by atoms with Crippen LogP contribution in [0.2, 0.25) is 0 Å². The molecule has 0 aliphatic carbocycles. The van der Waals surface area contributed by atoms with E-state index in [1.807, 2.05) is 13.8 Å². The summed E-state index contributed by atoms with van der Waals surface area (Å²) in [6, 6.07) is 12.2. The lowest BCUT2D eigenvalue weighted by Gasteiger charge is -2.22. The van der Waals surface area contributed by atoms with Crippen molar-refractivity contribution < 1.29 is 55.7 Å². The fourth-order valence-electron chi connectivity index (χ4n) is 4.54. The van der Waals surface area contributed by atoms with Gasteiger partial charge in [-0.25, -0.2) is 13.9 Å². The molecule has 1 aromatic heterocycles. The van der Waals surface area contributed by atoms with Crippen LogP contribution in [0.1, 0.15) is 75.3 Å². The fraction of sp³-hybridized carbons (Fsp3) is 0.412. The van der Waals surface area contributed by atoms with Crippen LogP contribution in [0.3, 0.4) is 0 Å². The van der Waals surface area contributed by atoms with Crippen LogP contribution in [0.15, 0.2) is 76.5 Å². The van der Waals surface area contributed by atoms with E-state index in [1.54, 1.807) is 0 Å². The number of benzene rings is 2. The quantitative estimate of drug-likeness (QED) is 0.0571. The Morgan fingerprint density at radius 3 is 1.85 bits per heavy atom. The van der Waals surface area contributed by atoms with Gasteiger partial charge < -0.3 is 19.1 Å². The van der Waals surface area contributed by atoms with Gasteiger partial charge in [0.1, 0.15) is 17.6 Å². The molecular formula is C34H42N2O14P2. The molecule has 4 rings (SSSR count). The number of hydrogen-bond donors (Lipinski definition) is 2. The number of carbonyl (C=O) groups is 2. The van der Waals surface area contributed by atoms with E-state index in [1.165, 1.54) is 73.8 Å². The van der Waals surface area contributed by atoms with E-state index in [0.29, 0.717) is 35.5 Å². The number of phosphoric ester groups is 2. The lowest BCUT2D eigenvalue weighted by molar-refractivity contribution is -0.135. The number of esters is 2. The summed E-state index contributed by atoms with van der Waals surface area (Å²) in [6.07, 6.45) is 6.01. The standard InChI is InChI=1S/C34H42N2O14P2/c1-4-6-8-31(37)48-27-14-10-25(11-15-27)21-45-52(43,46-22-26-12-16-28(17-13-26)49-32(38)9-7-5-2)50-51(41,42)44-23-29-18-19-30(47-29)36-20-24(3)33(39)35-34(36)40/h10-20,29-30H,4-9,21-23H2,1-3H3,(H,41,42)(H,35,39,40)/t29-,30+/m0/s1. The van der Waals surface area contributed by atoms with Gasteiger partial charge in [-0.1, -0.05) is 57.0 Å². The molecular weight excluding hydrogens is 722 g/mol. The highest BCUT2D eigenvalue weighted by atomic mass is 31.3. The van der Waals surface area contributed by atoms with Gasteiger partial charge in [-0.15, -0.1) is 0 Å². The number of nitrogens with one attached hydrogen (secondary N) is 1. The smallest absolute Gasteiger partial charge is 0.427 e. The number of aromatic amines is 1. The van der Waals surface area contributed by atoms with Gasteiger partial charge in [0.05, 0.1) is 19.8 Å². The van der Waals surface area contributed by atoms with E-state index in [2.05, 4.69) is 4.98 Å². The third kappa shape index (κ3) is 12.9. The number of ether oxygens (including phenoxy) is 3. The van der Waals surface area contributed by atoms with Crippen LogP contribution in [-0.4, -0.2) is 39.1 Å². The second kappa shape index (κ2) is 19.2. The molecule has 0 fully saturated rings. The number of phosphoric acid groups is 2. The molecule has 52 heavy (non-hydrogen) atoms. The predicted molar refractivity (Wildman–Crippen MR) is 186 cm³/mol. The minimum atomic E-state index is -5.15. The Balaban J connectivity index is 1.40. The van der Waals surface area contributed by atoms with E-state index < -0.39 is 59.0 Å². The molecule has 0 amide bonds. The summed E-state index contributed by atoms with van der Waals surface area (Å²) < 4.78 is 65.2. The maximum Gasteiger partial charge on any atom is 0.484 e. The van der Waals surface area contributed by atoms with Crippen LogP contribution in [0.25, 0.3) is 0 Å². The first kappa shape index (κ1) is 40.8. The molecule has 0 bridgehead atoms. The number of rotatable bonds is 20. The molecule has 3 atom stereocenters. The van der Waals surface area contributed by atoms with Crippen molar-refractivity contribution in [2.45, 2.75) is 84.8 Å². The molecule has 0 saturated carbocycles. The van der Waals surface area contributed by atoms with Gasteiger partial charge in [0.15, 0.2) is 6.23 Å². The molecule has 1 unspecified atom stereocenters. The number of hydrogen-bond acceptors (Lipinski definition) is 13. The average molecular weight is 765 g/mol. The predicted octanol–water partition coefficient (Wildman–Crippen LogP) is 6.17. The molecule has 0 saturated heterocycles. The van der Waals surface area contributed by atoms with Crippen LogP contribution in [-0.2, 0) is 54.6 Å². The second-order valence-corrected chi connectivity index (χ2v) is 15.0. The van der Waals surface area contributed by atoms with Crippen LogP contribution >= 0.6 is 15.6 Å². The molecule has 2 N–H and O–H groups in total. The third-order valence-electron chi connectivity index (χ3n) is 7.39. The fourth-order valence-corrected chi connectivity index (χ4v) is 7.14. The van der Waals surface area contributed by atoms with Gasteiger partial charge >= 0.3 is 33.3 Å². The van der Waals surface area contributed by atoms with Gasteiger partial charge in [-0.2, -0.15) is 4.31 Å². The zero-order valence-corrected chi connectivity index (χ0v) is 30.8. The van der Waals surface area contributed by atoms with Gasteiger partial charge in [0.25, 0.3) is 5.56 Å². The number of nitrogens with zero attached hydrogens (tertiary/aromatic N) is 1. The first-order valence-electron chi connectivity index (χ1n) is 16.6. The SMILES string of the molecule is CCCCC(=O)Oc1ccc(COP(=O)(OCc2ccc(OC(=O)CCCC)cc2)OP(=O)(O)OC[C@@H]2C=C[C@H](n3cc(C)c(=O)[nH]c3=O)O2)cc1. The number of H-pyrrole nitrogens is 1. The minimum absolute atomic E-state index is 0.267. The largest absolute Gasteiger partial charge is 0.484 e. The van der Waals surface area contributed by atoms with Gasteiger partial charge in [0.2, 0.25) is 0 Å². The Kier molecular flexibility index (Phi) is 15.1. The lowest BCUT2D eigenvalue weighted by atomic mass is 10.2. The highest BCUT2D eigenvalue weighted by Crippen LogP contribution is 2.64. The van der Waals surface area contributed by atoms with Crippen LogP contribution in [0, 0.1) is 6.92 Å². The number of carbonyl (C=O) groups excluding carboxylic acids is 2. The van der Waals surface area contributed by atoms with E-state index in [0.717, 1.165) is 17.4 Å². The summed E-state index contributed by atoms with van der Waals surface area (Å²) in [4.78, 5) is 60.6. The zero-order chi connectivity index (χ0) is 37.7. The monoisotopic (exact) mass is 764 g/mol. The van der Waals surface area contributed by atoms with Crippen molar-refractivity contribution in [3.63, 3.8) is 0 Å². The van der Waals surface area contributed by atoms with Crippen molar-refractivity contribution in [1.82, 2.24) is 9.55 Å². The molecule has 3 aromatic rings. The Bertz CT molecular complexity index is 1830. The van der Waals surface area contributed by atoms with Crippen molar-refractivity contribution in [3.05, 3.63) is 104 Å². The average Bonchev–Trinajstić information content (AvgIpc) is 3.59. The summed E-state index contributed by atoms with van der Waals surface area (Å²) in [5.74, 6) is -0.181. The normalized spacial score (nSPS) is 16.8. The maximum atomic E-state index is 13.8. The summed E-state index contributed by atoms with van der Waals surface area (Å²) in [5, 5.41) is 0. The highest BCUT2D eigenvalue weighted by molar-refractivity contribution is 7.61. The topological polar surface area (TPSA) is 208 Å². The van der Waals surface area contributed by atoms with Crippen molar-refractivity contribution in [3.8, 4) is 11.5 Å². The molecule has 0 radical (unpaired) electrons. The third-order valence-corrected chi connectivity index (χ3v) is 10.4. The number of aryl methyl sites for hydroxylation is 1. The Hall–Kier alpha value is -3.98. The Morgan fingerprint density at radius 2 is 1.35 bits per heavy atom. The van der Waals surface area contributed by atoms with Crippen molar-refractivity contribution in [2.24, 2.45) is 0 Å². The number of aromatic nitrogens is 2. The first-order chi connectivity index (χ1) is 24.8. The van der Waals surface area contributed by atoms with Gasteiger partial charge in [-0.05, 0) is 61.2 Å². The minimum Gasteiger partial charge on any atom is -0.427 e. The van der Waals surface area contributed by atoms with E-state index in [9.17, 15) is 33.2 Å². The van der Waals surface area contributed by atoms with Gasteiger partial charge in [0, 0.05) is 24.6 Å². The molecule has 18 heteroatoms. The van der Waals surface area contributed by atoms with E-state index in [-0.39, 0.29) is 30.3 Å². The molecule has 282 valence electrons. The molecule has 2 aromatic carbocycles. The second-order valence-electron chi connectivity index (χ2n) is 11.7. The van der Waals surface area contributed by atoms with Crippen LogP contribution < -0.4 is 20.7 Å². The lowest BCUT2D eigenvalue weighted by Crippen LogP contribution is -2.33. The zero-order valence-electron chi connectivity index (χ0n) is 29.0. The summed E-state index contributed by atoms with van der Waals surface area (Å²) >= 11 is 0. The van der Waals surface area contributed by atoms with Crippen LogP contribution in [0.5, 0.6) is 11.5 Å². The highest BCUT2D eigenvalue weighted by Gasteiger charge is 2.39. The summed E-state index contributed by atoms with van der Waals surface area (Å²) in [5.41, 5.74) is -0.123. The Labute approximate surface area is 299 Å². The first-order valence-corrected chi connectivity index (χ1v) is 19.6. The number of unbranched alkanes of at least 4 members (excludes halogenated alkanes) is 2. The molecule has 1 aliphatic heterocycles. The van der Waals surface area contributed by atoms with E-state index >= 15 is 0 Å². The van der Waals surface area contributed by atoms with Crippen molar-refractivity contribution in [1.29, 1.82) is 0 Å². The van der Waals surface area contributed by atoms with Crippen molar-refractivity contribution >= 4 is 27.6 Å². The Morgan fingerprint density at radius 1 is 0.827 bits per heavy atom. The van der Waals surface area contributed by atoms with Crippen molar-refractivity contribution in [2.75, 3.05) is 6.61 Å². The maximum absolute atomic E-state index is 13.8. The van der Waals surface area contributed by atoms with Gasteiger partial charge in [-0.3, -0.25) is 37.5 Å². The van der Waals surface area contributed by atoms with Crippen LogP contribution in [0.4, 0.5) is 0 Å². The molecule has 2 heterocycles. The van der Waals surface area contributed by atoms with E-state index in [4.69, 9.17) is 32.1 Å². The molecule has 16 nitrogen and oxygen atoms in total.